The fourth-order valence-electron chi connectivity index (χ4n) is 5.92. The number of fused-ring (bicyclic) bond motifs is 2. The molecule has 0 spiro atoms. The highest BCUT2D eigenvalue weighted by atomic mass is 19.1. The van der Waals surface area contributed by atoms with E-state index >= 15 is 0 Å². The van der Waals surface area contributed by atoms with Gasteiger partial charge in [-0.2, -0.15) is 0 Å². The maximum absolute atomic E-state index is 14.9. The van der Waals surface area contributed by atoms with Gasteiger partial charge in [0, 0.05) is 30.7 Å². The molecule has 7 heteroatoms. The molecule has 0 saturated carbocycles. The fourth-order valence-corrected chi connectivity index (χ4v) is 5.92. The van der Waals surface area contributed by atoms with Crippen LogP contribution < -0.4 is 5.32 Å². The minimum Gasteiger partial charge on any atom is -0.480 e. The fraction of sp³-hybridized carbons (Fsp3) is 0.206. The number of pyridine rings is 1. The summed E-state index contributed by atoms with van der Waals surface area (Å²) in [4.78, 5) is 32.2. The van der Waals surface area contributed by atoms with Crippen molar-refractivity contribution in [2.75, 3.05) is 13.1 Å². The quantitative estimate of drug-likeness (QED) is 0.241. The topological polar surface area (TPSA) is 82.5 Å². The zero-order chi connectivity index (χ0) is 28.3. The Morgan fingerprint density at radius 3 is 2.34 bits per heavy atom. The van der Waals surface area contributed by atoms with Crippen LogP contribution in [0.15, 0.2) is 91.3 Å². The van der Waals surface area contributed by atoms with Gasteiger partial charge in [-0.25, -0.2) is 9.18 Å². The zero-order valence-corrected chi connectivity index (χ0v) is 22.5. The lowest BCUT2D eigenvalue weighted by Gasteiger charge is -2.20. The average Bonchev–Trinajstić information content (AvgIpc) is 3.49. The number of carboxylic acids is 1. The predicted octanol–water partition coefficient (Wildman–Crippen LogP) is 6.22. The Labute approximate surface area is 237 Å². The number of amides is 1. The maximum atomic E-state index is 14.9. The molecule has 1 aliphatic rings. The van der Waals surface area contributed by atoms with Crippen LogP contribution in [0.5, 0.6) is 0 Å². The normalized spacial score (nSPS) is 14.4. The Kier molecular flexibility index (Phi) is 7.44. The summed E-state index contributed by atoms with van der Waals surface area (Å²) in [5, 5.41) is 16.7. The summed E-state index contributed by atoms with van der Waals surface area (Å²) in [5.41, 5.74) is 3.30. The third-order valence-corrected chi connectivity index (χ3v) is 7.93. The molecular weight excluding hydrogens is 517 g/mol. The first-order valence-corrected chi connectivity index (χ1v) is 13.9. The van der Waals surface area contributed by atoms with Crippen LogP contribution in [0.4, 0.5) is 4.39 Å². The second kappa shape index (κ2) is 11.5. The van der Waals surface area contributed by atoms with E-state index in [2.05, 4.69) is 21.3 Å². The number of nitrogens with zero attached hydrogens (tertiary/aromatic N) is 2. The number of carbonyl (C=O) groups is 2. The van der Waals surface area contributed by atoms with Gasteiger partial charge in [0.25, 0.3) is 5.91 Å². The van der Waals surface area contributed by atoms with Crippen LogP contribution in [0, 0.1) is 5.82 Å². The van der Waals surface area contributed by atoms with Crippen LogP contribution in [0.1, 0.15) is 34.3 Å². The van der Waals surface area contributed by atoms with Gasteiger partial charge in [0.05, 0.1) is 5.56 Å². The number of aromatic nitrogens is 1. The van der Waals surface area contributed by atoms with Gasteiger partial charge < -0.3 is 10.4 Å². The Hall–Kier alpha value is -4.62. The van der Waals surface area contributed by atoms with Crippen LogP contribution in [0.2, 0.25) is 0 Å². The second-order valence-electron chi connectivity index (χ2n) is 10.5. The van der Waals surface area contributed by atoms with Crippen molar-refractivity contribution in [2.45, 2.75) is 31.8 Å². The molecule has 1 saturated heterocycles. The Balaban J connectivity index is 1.32. The molecule has 2 heterocycles. The lowest BCUT2D eigenvalue weighted by atomic mass is 9.91. The molecule has 6 nitrogen and oxygen atoms in total. The van der Waals surface area contributed by atoms with Crippen molar-refractivity contribution in [3.63, 3.8) is 0 Å². The summed E-state index contributed by atoms with van der Waals surface area (Å²) in [6.07, 6.45) is 5.81. The summed E-state index contributed by atoms with van der Waals surface area (Å²) >= 11 is 0. The van der Waals surface area contributed by atoms with Crippen molar-refractivity contribution >= 4 is 33.4 Å². The van der Waals surface area contributed by atoms with Gasteiger partial charge in [0.1, 0.15) is 11.9 Å². The molecule has 1 aromatic heterocycles. The van der Waals surface area contributed by atoms with Crippen molar-refractivity contribution in [2.24, 2.45) is 0 Å². The third kappa shape index (κ3) is 5.41. The highest BCUT2D eigenvalue weighted by Crippen LogP contribution is 2.35. The molecule has 5 aromatic rings. The molecule has 2 N–H and O–H groups in total. The highest BCUT2D eigenvalue weighted by Gasteiger charge is 2.26. The Bertz CT molecular complexity index is 1760. The van der Waals surface area contributed by atoms with E-state index < -0.39 is 23.7 Å². The average molecular weight is 548 g/mol. The summed E-state index contributed by atoms with van der Waals surface area (Å²) in [6.45, 7) is 2.25. The monoisotopic (exact) mass is 547 g/mol. The molecule has 206 valence electrons. The first kappa shape index (κ1) is 26.6. The minimum absolute atomic E-state index is 0.0505. The molecule has 6 rings (SSSR count). The van der Waals surface area contributed by atoms with E-state index in [-0.39, 0.29) is 12.0 Å². The number of aliphatic carboxylic acids is 1. The van der Waals surface area contributed by atoms with Gasteiger partial charge in [-0.1, -0.05) is 66.7 Å². The van der Waals surface area contributed by atoms with Gasteiger partial charge in [-0.05, 0) is 76.5 Å². The number of rotatable bonds is 8. The minimum atomic E-state index is -1.24. The van der Waals surface area contributed by atoms with Crippen molar-refractivity contribution in [1.82, 2.24) is 15.2 Å². The van der Waals surface area contributed by atoms with Crippen molar-refractivity contribution in [1.29, 1.82) is 0 Å². The number of carbonyl (C=O) groups excluding carboxylic acids is 1. The number of carboxylic acid groups (broad SMARTS) is 1. The molecule has 0 unspecified atom stereocenters. The van der Waals surface area contributed by atoms with E-state index in [0.717, 1.165) is 64.2 Å². The zero-order valence-electron chi connectivity index (χ0n) is 22.5. The van der Waals surface area contributed by atoms with Gasteiger partial charge in [0.2, 0.25) is 0 Å². The largest absolute Gasteiger partial charge is 0.480 e. The molecule has 1 amide bonds. The van der Waals surface area contributed by atoms with Crippen LogP contribution in [0.25, 0.3) is 32.7 Å². The molecule has 4 aromatic carbocycles. The summed E-state index contributed by atoms with van der Waals surface area (Å²) in [6, 6.07) is 23.2. The molecule has 1 fully saturated rings. The Morgan fingerprint density at radius 1 is 0.854 bits per heavy atom. The third-order valence-electron chi connectivity index (χ3n) is 7.93. The number of halogens is 1. The lowest BCUT2D eigenvalue weighted by Crippen LogP contribution is -2.43. The van der Waals surface area contributed by atoms with Gasteiger partial charge >= 0.3 is 5.97 Å². The molecule has 1 atom stereocenters. The Morgan fingerprint density at radius 2 is 1.54 bits per heavy atom. The number of nitrogens with one attached hydrogen (secondary N) is 1. The molecule has 1 aliphatic heterocycles. The van der Waals surface area contributed by atoms with Crippen LogP contribution in [0.3, 0.4) is 0 Å². The van der Waals surface area contributed by atoms with E-state index in [1.54, 1.807) is 18.3 Å². The first-order chi connectivity index (χ1) is 20.0. The standard InChI is InChI=1S/C34H30FN3O3/c35-30-14-5-9-24(21-38-17-1-2-18-38)32(30)33(39)37-31(34(40)41)19-23-8-4-11-26-25(23)10-6-13-27(26)28-12-3-7-22-15-16-36-20-29(22)28/h3-16,20,31H,1-2,17-19,21H2,(H,37,39)(H,40,41)/t31-/m0/s1. The van der Waals surface area contributed by atoms with E-state index in [1.807, 2.05) is 60.8 Å². The van der Waals surface area contributed by atoms with Crippen molar-refractivity contribution < 1.29 is 19.1 Å². The lowest BCUT2D eigenvalue weighted by molar-refractivity contribution is -0.139. The van der Waals surface area contributed by atoms with Crippen molar-refractivity contribution in [3.05, 3.63) is 114 Å². The van der Waals surface area contributed by atoms with E-state index in [0.29, 0.717) is 12.1 Å². The molecule has 41 heavy (non-hydrogen) atoms. The smallest absolute Gasteiger partial charge is 0.326 e. The first-order valence-electron chi connectivity index (χ1n) is 13.9. The van der Waals surface area contributed by atoms with Crippen LogP contribution in [-0.2, 0) is 17.8 Å². The van der Waals surface area contributed by atoms with Gasteiger partial charge in [-0.3, -0.25) is 14.7 Å². The summed E-state index contributed by atoms with van der Waals surface area (Å²) in [5.74, 6) is -2.54. The van der Waals surface area contributed by atoms with Gasteiger partial charge in [0.15, 0.2) is 0 Å². The van der Waals surface area contributed by atoms with E-state index in [4.69, 9.17) is 0 Å². The number of likely N-dealkylation sites (tertiary alicyclic amines) is 1. The number of hydrogen-bond donors (Lipinski definition) is 2. The predicted molar refractivity (Wildman–Crippen MR) is 158 cm³/mol. The SMILES string of the molecule is O=C(N[C@@H](Cc1cccc2c(-c3cccc4ccncc34)cccc12)C(=O)O)c1c(F)cccc1CN1CCCC1. The molecular formula is C34H30FN3O3. The van der Waals surface area contributed by atoms with Crippen molar-refractivity contribution in [3.8, 4) is 11.1 Å². The van der Waals surface area contributed by atoms with Crippen LogP contribution in [-0.4, -0.2) is 46.0 Å². The van der Waals surface area contributed by atoms with E-state index in [1.165, 1.54) is 6.07 Å². The molecule has 0 bridgehead atoms. The van der Waals surface area contributed by atoms with Gasteiger partial charge in [-0.15, -0.1) is 0 Å². The summed E-state index contributed by atoms with van der Waals surface area (Å²) < 4.78 is 14.9. The molecule has 0 aliphatic carbocycles. The number of hydrogen-bond acceptors (Lipinski definition) is 4. The van der Waals surface area contributed by atoms with Crippen LogP contribution >= 0.6 is 0 Å². The number of benzene rings is 4. The maximum Gasteiger partial charge on any atom is 0.326 e. The second-order valence-corrected chi connectivity index (χ2v) is 10.5. The van der Waals surface area contributed by atoms with E-state index in [9.17, 15) is 19.1 Å². The molecule has 0 radical (unpaired) electrons. The highest BCUT2D eigenvalue weighted by molar-refractivity contribution is 6.06. The summed E-state index contributed by atoms with van der Waals surface area (Å²) in [7, 11) is 0.